The Hall–Kier alpha value is -7.11. The Balaban J connectivity index is 1.16. The van der Waals surface area contributed by atoms with Gasteiger partial charge in [0.2, 0.25) is 0 Å². The number of allylic oxidation sites excluding steroid dienone is 1. The van der Waals surface area contributed by atoms with E-state index >= 15 is 0 Å². The van der Waals surface area contributed by atoms with Gasteiger partial charge < -0.3 is 8.98 Å². The Labute approximate surface area is 311 Å². The van der Waals surface area contributed by atoms with Crippen LogP contribution in [0.3, 0.4) is 0 Å². The lowest BCUT2D eigenvalue weighted by Gasteiger charge is -2.19. The summed E-state index contributed by atoms with van der Waals surface area (Å²) in [5.74, 6) is 2.78. The molecular weight excluding hydrogens is 661 g/mol. The molecule has 3 heterocycles. The van der Waals surface area contributed by atoms with Gasteiger partial charge in [-0.15, -0.1) is 0 Å². The smallest absolute Gasteiger partial charge is 0.163 e. The van der Waals surface area contributed by atoms with Crippen LogP contribution in [0.4, 0.5) is 0 Å². The molecule has 5 nitrogen and oxygen atoms in total. The van der Waals surface area contributed by atoms with E-state index in [1.807, 2.05) is 36.4 Å². The van der Waals surface area contributed by atoms with E-state index in [-0.39, 0.29) is 5.92 Å². The van der Waals surface area contributed by atoms with Crippen molar-refractivity contribution in [1.29, 1.82) is 0 Å². The van der Waals surface area contributed by atoms with Gasteiger partial charge in [-0.05, 0) is 52.6 Å². The van der Waals surface area contributed by atoms with E-state index in [0.29, 0.717) is 11.6 Å². The van der Waals surface area contributed by atoms with Crippen molar-refractivity contribution in [2.45, 2.75) is 12.3 Å². The normalized spacial score (nSPS) is 14.0. The third-order valence-corrected chi connectivity index (χ3v) is 10.8. The molecule has 0 fully saturated rings. The number of furan rings is 1. The van der Waals surface area contributed by atoms with Crippen LogP contribution in [0.1, 0.15) is 29.5 Å². The molecule has 1 aliphatic carbocycles. The number of fused-ring (bicyclic) bond motifs is 8. The third-order valence-electron chi connectivity index (χ3n) is 10.8. The number of rotatable bonds is 5. The molecule has 10 aromatic rings. The van der Waals surface area contributed by atoms with Crippen molar-refractivity contribution < 1.29 is 4.42 Å². The largest absolute Gasteiger partial charge is 0.454 e. The minimum Gasteiger partial charge on any atom is -0.454 e. The van der Waals surface area contributed by atoms with E-state index in [4.69, 9.17) is 19.4 Å². The number of benzene rings is 7. The van der Waals surface area contributed by atoms with Gasteiger partial charge in [-0.2, -0.15) is 0 Å². The number of hydrogen-bond donors (Lipinski definition) is 0. The fourth-order valence-corrected chi connectivity index (χ4v) is 8.39. The lowest BCUT2D eigenvalue weighted by molar-refractivity contribution is 0.584. The fourth-order valence-electron chi connectivity index (χ4n) is 8.39. The van der Waals surface area contributed by atoms with E-state index in [9.17, 15) is 0 Å². The molecule has 54 heavy (non-hydrogen) atoms. The Morgan fingerprint density at radius 3 is 1.81 bits per heavy atom. The molecule has 5 heteroatoms. The molecule has 0 saturated carbocycles. The average molecular weight is 693 g/mol. The zero-order chi connectivity index (χ0) is 35.6. The SMILES string of the molecule is C1=Cc2oc3c(-n4c5ccccc5c5c6ccccc6c(-c6ccccc6)cc54)cccc3c2C(c2nc(-c3ccccc3)nc(-c3ccccc3)n2)C1. The first-order valence-corrected chi connectivity index (χ1v) is 18.4. The molecule has 1 atom stereocenters. The standard InChI is InChI=1S/C49H32N4O/c1-4-16-31(17-5-1)39-30-42-44(35-23-11-10-22-34(35)39)36-24-12-13-27-40(36)53(42)41-28-14-25-37-45-38(26-15-29-43(45)54-46(37)41)49-51-47(32-18-6-2-7-19-32)50-48(52-49)33-20-8-3-9-21-33/h1-25,27-30,38H,26H2. The zero-order valence-electron chi connectivity index (χ0n) is 29.2. The van der Waals surface area contributed by atoms with E-state index in [1.165, 1.54) is 32.7 Å². The van der Waals surface area contributed by atoms with Crippen molar-refractivity contribution in [2.75, 3.05) is 0 Å². The van der Waals surface area contributed by atoms with Gasteiger partial charge in [0.05, 0.1) is 22.6 Å². The second-order valence-corrected chi connectivity index (χ2v) is 13.9. The predicted molar refractivity (Wildman–Crippen MR) is 220 cm³/mol. The second-order valence-electron chi connectivity index (χ2n) is 13.9. The first-order chi connectivity index (χ1) is 26.8. The minimum atomic E-state index is -0.124. The molecule has 1 aliphatic rings. The maximum absolute atomic E-state index is 6.95. The highest BCUT2D eigenvalue weighted by atomic mass is 16.3. The first-order valence-electron chi connectivity index (χ1n) is 18.4. The monoisotopic (exact) mass is 692 g/mol. The Bertz CT molecular complexity index is 3010. The summed E-state index contributed by atoms with van der Waals surface area (Å²) in [6.07, 6.45) is 5.04. The van der Waals surface area contributed by atoms with Gasteiger partial charge in [0.1, 0.15) is 11.6 Å². The molecule has 3 aromatic heterocycles. The molecule has 0 bridgehead atoms. The second kappa shape index (κ2) is 12.2. The van der Waals surface area contributed by atoms with Crippen LogP contribution >= 0.6 is 0 Å². The van der Waals surface area contributed by atoms with Gasteiger partial charge in [0.25, 0.3) is 0 Å². The van der Waals surface area contributed by atoms with Crippen molar-refractivity contribution in [3.05, 3.63) is 187 Å². The van der Waals surface area contributed by atoms with E-state index < -0.39 is 0 Å². The molecule has 254 valence electrons. The van der Waals surface area contributed by atoms with E-state index in [1.54, 1.807) is 0 Å². The Morgan fingerprint density at radius 1 is 0.519 bits per heavy atom. The zero-order valence-corrected chi connectivity index (χ0v) is 29.2. The number of aromatic nitrogens is 4. The average Bonchev–Trinajstić information content (AvgIpc) is 3.80. The third kappa shape index (κ3) is 4.75. The van der Waals surface area contributed by atoms with Crippen molar-refractivity contribution >= 4 is 49.6 Å². The maximum Gasteiger partial charge on any atom is 0.163 e. The number of nitrogens with zero attached hydrogens (tertiary/aromatic N) is 4. The lowest BCUT2D eigenvalue weighted by Crippen LogP contribution is -2.11. The highest BCUT2D eigenvalue weighted by Crippen LogP contribution is 2.46. The molecule has 0 N–H and O–H groups in total. The van der Waals surface area contributed by atoms with Crippen molar-refractivity contribution in [2.24, 2.45) is 0 Å². The van der Waals surface area contributed by atoms with Crippen LogP contribution in [0, 0.1) is 0 Å². The quantitative estimate of drug-likeness (QED) is 0.180. The number of para-hydroxylation sites is 2. The van der Waals surface area contributed by atoms with Crippen LogP contribution in [-0.4, -0.2) is 19.5 Å². The molecular formula is C49H32N4O. The fraction of sp³-hybridized carbons (Fsp3) is 0.0408. The van der Waals surface area contributed by atoms with Crippen molar-refractivity contribution in [3.8, 4) is 39.6 Å². The highest BCUT2D eigenvalue weighted by molar-refractivity contribution is 6.24. The molecule has 1 unspecified atom stereocenters. The molecule has 0 radical (unpaired) electrons. The topological polar surface area (TPSA) is 56.7 Å². The Kier molecular flexibility index (Phi) is 6.92. The molecule has 0 saturated heterocycles. The summed E-state index contributed by atoms with van der Waals surface area (Å²) in [6, 6.07) is 57.4. The van der Waals surface area contributed by atoms with E-state index in [2.05, 4.69) is 144 Å². The highest BCUT2D eigenvalue weighted by Gasteiger charge is 2.30. The summed E-state index contributed by atoms with van der Waals surface area (Å²) < 4.78 is 9.34. The van der Waals surface area contributed by atoms with Gasteiger partial charge in [-0.3, -0.25) is 0 Å². The molecule has 0 aliphatic heterocycles. The van der Waals surface area contributed by atoms with Gasteiger partial charge in [0.15, 0.2) is 17.2 Å². The summed E-state index contributed by atoms with van der Waals surface area (Å²) in [5, 5.41) is 5.98. The van der Waals surface area contributed by atoms with Crippen molar-refractivity contribution in [3.63, 3.8) is 0 Å². The Morgan fingerprint density at radius 2 is 1.11 bits per heavy atom. The molecule has 7 aromatic carbocycles. The van der Waals surface area contributed by atoms with Gasteiger partial charge in [-0.25, -0.2) is 15.0 Å². The van der Waals surface area contributed by atoms with E-state index in [0.717, 1.165) is 62.4 Å². The van der Waals surface area contributed by atoms with Crippen LogP contribution < -0.4 is 0 Å². The number of hydrogen-bond acceptors (Lipinski definition) is 4. The predicted octanol–water partition coefficient (Wildman–Crippen LogP) is 12.4. The summed E-state index contributed by atoms with van der Waals surface area (Å²) >= 11 is 0. The first kappa shape index (κ1) is 30.5. The van der Waals surface area contributed by atoms with Crippen LogP contribution in [0.25, 0.3) is 89.2 Å². The lowest BCUT2D eigenvalue weighted by atomic mass is 9.88. The van der Waals surface area contributed by atoms with Crippen LogP contribution in [-0.2, 0) is 0 Å². The van der Waals surface area contributed by atoms with Crippen molar-refractivity contribution in [1.82, 2.24) is 19.5 Å². The summed E-state index contributed by atoms with van der Waals surface area (Å²) in [7, 11) is 0. The minimum absolute atomic E-state index is 0.124. The summed E-state index contributed by atoms with van der Waals surface area (Å²) in [6.45, 7) is 0. The summed E-state index contributed by atoms with van der Waals surface area (Å²) in [5.41, 5.74) is 9.53. The molecule has 0 amide bonds. The molecule has 11 rings (SSSR count). The summed E-state index contributed by atoms with van der Waals surface area (Å²) in [4.78, 5) is 15.3. The maximum atomic E-state index is 6.95. The van der Waals surface area contributed by atoms with Gasteiger partial charge in [-0.1, -0.05) is 152 Å². The van der Waals surface area contributed by atoms with Crippen LogP contribution in [0.2, 0.25) is 0 Å². The van der Waals surface area contributed by atoms with Gasteiger partial charge >= 0.3 is 0 Å². The molecule has 0 spiro atoms. The van der Waals surface area contributed by atoms with Gasteiger partial charge in [0, 0.05) is 32.8 Å². The van der Waals surface area contributed by atoms with Crippen LogP contribution in [0.15, 0.2) is 174 Å². The van der Waals surface area contributed by atoms with Crippen LogP contribution in [0.5, 0.6) is 0 Å².